The Kier molecular flexibility index (Phi) is 4.57. The molecule has 0 bridgehead atoms. The van der Waals surface area contributed by atoms with E-state index >= 15 is 0 Å². The van der Waals surface area contributed by atoms with Crippen molar-refractivity contribution in [2.75, 3.05) is 6.54 Å². The Morgan fingerprint density at radius 1 is 1.47 bits per heavy atom. The van der Waals surface area contributed by atoms with Gasteiger partial charge < -0.3 is 11.1 Å². The van der Waals surface area contributed by atoms with Crippen molar-refractivity contribution >= 4 is 17.2 Å². The topological polar surface area (TPSA) is 55.1 Å². The number of nitrogens with one attached hydrogen (secondary N) is 1. The van der Waals surface area contributed by atoms with E-state index in [-0.39, 0.29) is 5.91 Å². The molecule has 1 aromatic rings. The Hall–Kier alpha value is -0.870. The highest BCUT2D eigenvalue weighted by Crippen LogP contribution is 2.23. The van der Waals surface area contributed by atoms with Gasteiger partial charge in [-0.15, -0.1) is 11.3 Å². The molecule has 1 aliphatic rings. The summed E-state index contributed by atoms with van der Waals surface area (Å²) in [7, 11) is 0. The summed E-state index contributed by atoms with van der Waals surface area (Å²) in [5.74, 6) is 0.605. The molecule has 2 atom stereocenters. The Morgan fingerprint density at radius 3 is 3.00 bits per heavy atom. The molecule has 1 heterocycles. The first-order valence-corrected chi connectivity index (χ1v) is 7.19. The van der Waals surface area contributed by atoms with E-state index in [4.69, 9.17) is 5.73 Å². The lowest BCUT2D eigenvalue weighted by atomic mass is 9.84. The van der Waals surface area contributed by atoms with Crippen molar-refractivity contribution in [1.82, 2.24) is 5.32 Å². The van der Waals surface area contributed by atoms with E-state index in [9.17, 15) is 4.79 Å². The molecule has 1 amide bonds. The lowest BCUT2D eigenvalue weighted by molar-refractivity contribution is -0.121. The predicted molar refractivity (Wildman–Crippen MR) is 71.0 cm³/mol. The number of hydrogen-bond acceptors (Lipinski definition) is 3. The van der Waals surface area contributed by atoms with Crippen LogP contribution in [-0.4, -0.2) is 18.5 Å². The van der Waals surface area contributed by atoms with Gasteiger partial charge >= 0.3 is 0 Å². The summed E-state index contributed by atoms with van der Waals surface area (Å²) in [6.45, 7) is 0.684. The van der Waals surface area contributed by atoms with E-state index in [1.807, 2.05) is 17.5 Å². The van der Waals surface area contributed by atoms with Gasteiger partial charge in [0.15, 0.2) is 0 Å². The molecule has 0 aliphatic heterocycles. The number of carbonyl (C=O) groups excluding carboxylic acids is 1. The van der Waals surface area contributed by atoms with Crippen LogP contribution in [0.4, 0.5) is 0 Å². The molecule has 0 spiro atoms. The van der Waals surface area contributed by atoms with Gasteiger partial charge in [-0.3, -0.25) is 4.79 Å². The molecule has 0 aromatic carbocycles. The van der Waals surface area contributed by atoms with Gasteiger partial charge in [-0.25, -0.2) is 0 Å². The number of thiophene rings is 1. The van der Waals surface area contributed by atoms with Crippen LogP contribution in [0.1, 0.15) is 30.6 Å². The second-order valence-electron chi connectivity index (χ2n) is 4.71. The summed E-state index contributed by atoms with van der Waals surface area (Å²) in [4.78, 5) is 13.0. The van der Waals surface area contributed by atoms with Crippen LogP contribution < -0.4 is 11.1 Å². The number of carbonyl (C=O) groups is 1. The molecule has 3 N–H and O–H groups in total. The summed E-state index contributed by atoms with van der Waals surface area (Å²) < 4.78 is 0. The molecule has 3 nitrogen and oxygen atoms in total. The summed E-state index contributed by atoms with van der Waals surface area (Å²) in [6.07, 6.45) is 5.20. The average Bonchev–Trinajstić information content (AvgIpc) is 2.82. The first-order valence-electron chi connectivity index (χ1n) is 6.31. The quantitative estimate of drug-likeness (QED) is 0.860. The number of rotatable bonds is 4. The minimum Gasteiger partial charge on any atom is -0.353 e. The van der Waals surface area contributed by atoms with Crippen LogP contribution in [0.5, 0.6) is 0 Å². The van der Waals surface area contributed by atoms with E-state index in [1.54, 1.807) is 11.3 Å². The van der Waals surface area contributed by atoms with Crippen molar-refractivity contribution in [2.24, 2.45) is 11.7 Å². The maximum Gasteiger partial charge on any atom is 0.225 e. The van der Waals surface area contributed by atoms with Gasteiger partial charge in [0, 0.05) is 10.9 Å². The summed E-state index contributed by atoms with van der Waals surface area (Å²) in [5.41, 5.74) is 5.76. The molecule has 1 aliphatic carbocycles. The smallest absolute Gasteiger partial charge is 0.225 e. The second kappa shape index (κ2) is 6.17. The number of hydrogen-bond donors (Lipinski definition) is 2. The standard InChI is InChI=1S/C13H20N2OS/c14-9-10-4-1-2-6-12(10)15-13(16)8-11-5-3-7-17-11/h3,5,7,10,12H,1-2,4,6,8-9,14H2,(H,15,16). The average molecular weight is 252 g/mol. The molecule has 17 heavy (non-hydrogen) atoms. The molecule has 4 heteroatoms. The van der Waals surface area contributed by atoms with Crippen molar-refractivity contribution in [3.8, 4) is 0 Å². The van der Waals surface area contributed by atoms with E-state index in [2.05, 4.69) is 5.32 Å². The van der Waals surface area contributed by atoms with E-state index in [1.165, 1.54) is 12.8 Å². The SMILES string of the molecule is NCC1CCCCC1NC(=O)Cc1cccs1. The minimum atomic E-state index is 0.137. The van der Waals surface area contributed by atoms with E-state index < -0.39 is 0 Å². The van der Waals surface area contributed by atoms with Crippen LogP contribution >= 0.6 is 11.3 Å². The molecule has 94 valence electrons. The highest BCUT2D eigenvalue weighted by molar-refractivity contribution is 7.10. The monoisotopic (exact) mass is 252 g/mol. The Labute approximate surface area is 106 Å². The third kappa shape index (κ3) is 3.54. The van der Waals surface area contributed by atoms with E-state index in [0.29, 0.717) is 24.9 Å². The van der Waals surface area contributed by atoms with Crippen molar-refractivity contribution in [3.05, 3.63) is 22.4 Å². The molecular formula is C13H20N2OS. The first kappa shape index (κ1) is 12.6. The highest BCUT2D eigenvalue weighted by Gasteiger charge is 2.25. The molecular weight excluding hydrogens is 232 g/mol. The third-order valence-corrected chi connectivity index (χ3v) is 4.35. The van der Waals surface area contributed by atoms with Crippen molar-refractivity contribution < 1.29 is 4.79 Å². The Balaban J connectivity index is 1.84. The van der Waals surface area contributed by atoms with Gasteiger partial charge in [0.2, 0.25) is 5.91 Å². The fraction of sp³-hybridized carbons (Fsp3) is 0.615. The van der Waals surface area contributed by atoms with Gasteiger partial charge in [0.1, 0.15) is 0 Å². The Bertz CT molecular complexity index is 350. The summed E-state index contributed by atoms with van der Waals surface area (Å²) in [6, 6.07) is 4.28. The van der Waals surface area contributed by atoms with Gasteiger partial charge in [0.05, 0.1) is 6.42 Å². The number of amides is 1. The molecule has 1 saturated carbocycles. The van der Waals surface area contributed by atoms with Crippen molar-refractivity contribution in [1.29, 1.82) is 0 Å². The largest absolute Gasteiger partial charge is 0.353 e. The molecule has 1 fully saturated rings. The van der Waals surface area contributed by atoms with Crippen LogP contribution in [0.15, 0.2) is 17.5 Å². The van der Waals surface area contributed by atoms with Gasteiger partial charge in [-0.2, -0.15) is 0 Å². The fourth-order valence-corrected chi connectivity index (χ4v) is 3.21. The van der Waals surface area contributed by atoms with Gasteiger partial charge in [-0.05, 0) is 36.8 Å². The molecule has 2 unspecified atom stereocenters. The third-order valence-electron chi connectivity index (χ3n) is 3.47. The van der Waals surface area contributed by atoms with Crippen LogP contribution in [0, 0.1) is 5.92 Å². The van der Waals surface area contributed by atoms with Crippen LogP contribution in [0.2, 0.25) is 0 Å². The van der Waals surface area contributed by atoms with Gasteiger partial charge in [0.25, 0.3) is 0 Å². The highest BCUT2D eigenvalue weighted by atomic mass is 32.1. The maximum atomic E-state index is 11.9. The van der Waals surface area contributed by atoms with Crippen LogP contribution in [0.3, 0.4) is 0 Å². The summed E-state index contributed by atoms with van der Waals surface area (Å²) in [5, 5.41) is 5.15. The van der Waals surface area contributed by atoms with Crippen molar-refractivity contribution in [2.45, 2.75) is 38.1 Å². The predicted octanol–water partition coefficient (Wildman–Crippen LogP) is 1.92. The molecule has 1 aromatic heterocycles. The summed E-state index contributed by atoms with van der Waals surface area (Å²) >= 11 is 1.63. The maximum absolute atomic E-state index is 11.9. The van der Waals surface area contributed by atoms with Crippen LogP contribution in [-0.2, 0) is 11.2 Å². The zero-order valence-electron chi connectivity index (χ0n) is 10.0. The van der Waals surface area contributed by atoms with Gasteiger partial charge in [-0.1, -0.05) is 18.9 Å². The minimum absolute atomic E-state index is 0.137. The lowest BCUT2D eigenvalue weighted by Crippen LogP contribution is -2.45. The molecule has 2 rings (SSSR count). The lowest BCUT2D eigenvalue weighted by Gasteiger charge is -2.31. The molecule has 0 saturated heterocycles. The van der Waals surface area contributed by atoms with Crippen LogP contribution in [0.25, 0.3) is 0 Å². The second-order valence-corrected chi connectivity index (χ2v) is 5.74. The number of nitrogens with two attached hydrogens (primary N) is 1. The van der Waals surface area contributed by atoms with Crippen molar-refractivity contribution in [3.63, 3.8) is 0 Å². The Morgan fingerprint density at radius 2 is 2.29 bits per heavy atom. The zero-order valence-corrected chi connectivity index (χ0v) is 10.8. The first-order chi connectivity index (χ1) is 8.29. The zero-order chi connectivity index (χ0) is 12.1. The normalized spacial score (nSPS) is 24.5. The molecule has 0 radical (unpaired) electrons. The fourth-order valence-electron chi connectivity index (χ4n) is 2.51. The van der Waals surface area contributed by atoms with E-state index in [0.717, 1.165) is 17.7 Å².